The average Bonchev–Trinajstić information content (AvgIpc) is 2.86. The second-order valence-electron chi connectivity index (χ2n) is 5.30. The molecule has 1 unspecified atom stereocenters. The van der Waals surface area contributed by atoms with Gasteiger partial charge in [-0.05, 0) is 38.8 Å². The summed E-state index contributed by atoms with van der Waals surface area (Å²) >= 11 is 6.04. The SMILES string of the molecule is Cc1onc(-c2c(F)cccc2Cl)c1C(=O)NC(C)CCCO. The van der Waals surface area contributed by atoms with Crippen molar-refractivity contribution >= 4 is 17.5 Å². The molecule has 1 amide bonds. The Balaban J connectivity index is 2.34. The van der Waals surface area contributed by atoms with E-state index >= 15 is 0 Å². The number of carbonyl (C=O) groups is 1. The maximum Gasteiger partial charge on any atom is 0.257 e. The number of hydrogen-bond donors (Lipinski definition) is 2. The minimum atomic E-state index is -0.576. The number of amides is 1. The third-order valence-corrected chi connectivity index (χ3v) is 3.78. The lowest BCUT2D eigenvalue weighted by Gasteiger charge is -2.13. The fraction of sp³-hybridized carbons (Fsp3) is 0.375. The summed E-state index contributed by atoms with van der Waals surface area (Å²) in [5, 5.41) is 15.6. The number of hydrogen-bond acceptors (Lipinski definition) is 4. The first-order valence-corrected chi connectivity index (χ1v) is 7.65. The molecule has 0 fully saturated rings. The van der Waals surface area contributed by atoms with E-state index in [2.05, 4.69) is 10.5 Å². The van der Waals surface area contributed by atoms with Crippen LogP contribution in [0.3, 0.4) is 0 Å². The maximum atomic E-state index is 14.1. The first-order valence-electron chi connectivity index (χ1n) is 7.28. The predicted octanol–water partition coefficient (Wildman–Crippen LogP) is 3.33. The van der Waals surface area contributed by atoms with E-state index in [0.29, 0.717) is 12.8 Å². The van der Waals surface area contributed by atoms with Crippen molar-refractivity contribution in [2.75, 3.05) is 6.61 Å². The van der Waals surface area contributed by atoms with Crippen LogP contribution in [0, 0.1) is 12.7 Å². The quantitative estimate of drug-likeness (QED) is 0.845. The molecule has 2 N–H and O–H groups in total. The van der Waals surface area contributed by atoms with Crippen LogP contribution in [0.5, 0.6) is 0 Å². The fourth-order valence-electron chi connectivity index (χ4n) is 2.30. The summed E-state index contributed by atoms with van der Waals surface area (Å²) in [6.45, 7) is 3.47. The Hall–Kier alpha value is -1.92. The molecule has 23 heavy (non-hydrogen) atoms. The Labute approximate surface area is 138 Å². The van der Waals surface area contributed by atoms with E-state index in [1.54, 1.807) is 6.92 Å². The van der Waals surface area contributed by atoms with Gasteiger partial charge in [0.05, 0.1) is 10.6 Å². The van der Waals surface area contributed by atoms with Crippen molar-refractivity contribution < 1.29 is 18.8 Å². The smallest absolute Gasteiger partial charge is 0.257 e. The fourth-order valence-corrected chi connectivity index (χ4v) is 2.55. The number of aryl methyl sites for hydroxylation is 1. The molecule has 2 aromatic rings. The molecule has 1 aromatic carbocycles. The number of benzene rings is 1. The molecule has 0 saturated heterocycles. The molecular formula is C16H18ClFN2O3. The third kappa shape index (κ3) is 3.89. The molecule has 0 aliphatic rings. The third-order valence-electron chi connectivity index (χ3n) is 3.46. The monoisotopic (exact) mass is 340 g/mol. The lowest BCUT2D eigenvalue weighted by atomic mass is 10.0. The highest BCUT2D eigenvalue weighted by Gasteiger charge is 2.25. The van der Waals surface area contributed by atoms with Crippen LogP contribution in [-0.4, -0.2) is 28.8 Å². The van der Waals surface area contributed by atoms with Crippen LogP contribution in [0.25, 0.3) is 11.3 Å². The summed E-state index contributed by atoms with van der Waals surface area (Å²) in [4.78, 5) is 12.5. The Kier molecular flexibility index (Phi) is 5.74. The van der Waals surface area contributed by atoms with Crippen LogP contribution >= 0.6 is 11.6 Å². The van der Waals surface area contributed by atoms with E-state index in [-0.39, 0.29) is 40.3 Å². The summed E-state index contributed by atoms with van der Waals surface area (Å²) in [5.74, 6) is -0.706. The van der Waals surface area contributed by atoms with Crippen molar-refractivity contribution in [3.8, 4) is 11.3 Å². The van der Waals surface area contributed by atoms with Gasteiger partial charge in [-0.1, -0.05) is 22.8 Å². The van der Waals surface area contributed by atoms with Crippen molar-refractivity contribution in [2.24, 2.45) is 0 Å². The molecular weight excluding hydrogens is 323 g/mol. The van der Waals surface area contributed by atoms with E-state index in [9.17, 15) is 9.18 Å². The highest BCUT2D eigenvalue weighted by Crippen LogP contribution is 2.33. The average molecular weight is 341 g/mol. The highest BCUT2D eigenvalue weighted by molar-refractivity contribution is 6.33. The van der Waals surface area contributed by atoms with E-state index < -0.39 is 11.7 Å². The van der Waals surface area contributed by atoms with Crippen LogP contribution in [-0.2, 0) is 0 Å². The number of aromatic nitrogens is 1. The van der Waals surface area contributed by atoms with Gasteiger partial charge in [-0.2, -0.15) is 0 Å². The van der Waals surface area contributed by atoms with E-state index in [4.69, 9.17) is 21.2 Å². The topological polar surface area (TPSA) is 75.4 Å². The number of nitrogens with zero attached hydrogens (tertiary/aromatic N) is 1. The number of rotatable bonds is 6. The number of aliphatic hydroxyl groups excluding tert-OH is 1. The summed E-state index contributed by atoms with van der Waals surface area (Å²) in [7, 11) is 0. The molecule has 2 rings (SSSR count). The zero-order chi connectivity index (χ0) is 17.0. The molecule has 0 radical (unpaired) electrons. The first kappa shape index (κ1) is 17.4. The van der Waals surface area contributed by atoms with E-state index in [1.807, 2.05) is 6.92 Å². The van der Waals surface area contributed by atoms with Crippen LogP contribution < -0.4 is 5.32 Å². The molecule has 5 nitrogen and oxygen atoms in total. The maximum absolute atomic E-state index is 14.1. The lowest BCUT2D eigenvalue weighted by molar-refractivity contribution is 0.0935. The highest BCUT2D eigenvalue weighted by atomic mass is 35.5. The molecule has 124 valence electrons. The zero-order valence-electron chi connectivity index (χ0n) is 12.9. The van der Waals surface area contributed by atoms with Gasteiger partial charge in [0, 0.05) is 12.6 Å². The Morgan fingerprint density at radius 1 is 1.52 bits per heavy atom. The Bertz CT molecular complexity index is 682. The van der Waals surface area contributed by atoms with E-state index in [1.165, 1.54) is 18.2 Å². The molecule has 1 heterocycles. The zero-order valence-corrected chi connectivity index (χ0v) is 13.7. The van der Waals surface area contributed by atoms with Crippen molar-refractivity contribution in [3.05, 3.63) is 40.4 Å². The second kappa shape index (κ2) is 7.57. The van der Waals surface area contributed by atoms with Crippen LogP contribution in [0.15, 0.2) is 22.7 Å². The van der Waals surface area contributed by atoms with Crippen LogP contribution in [0.1, 0.15) is 35.9 Å². The van der Waals surface area contributed by atoms with Gasteiger partial charge in [0.25, 0.3) is 5.91 Å². The molecule has 0 aliphatic heterocycles. The van der Waals surface area contributed by atoms with Crippen molar-refractivity contribution in [1.29, 1.82) is 0 Å². The molecule has 0 bridgehead atoms. The molecule has 7 heteroatoms. The van der Waals surface area contributed by atoms with Gasteiger partial charge in [0.2, 0.25) is 0 Å². The molecule has 0 spiro atoms. The molecule has 0 saturated carbocycles. The van der Waals surface area contributed by atoms with Gasteiger partial charge in [-0.3, -0.25) is 4.79 Å². The minimum absolute atomic E-state index is 0.0409. The molecule has 0 aliphatic carbocycles. The largest absolute Gasteiger partial charge is 0.396 e. The van der Waals surface area contributed by atoms with Crippen molar-refractivity contribution in [3.63, 3.8) is 0 Å². The lowest BCUT2D eigenvalue weighted by Crippen LogP contribution is -2.33. The van der Waals surface area contributed by atoms with E-state index in [0.717, 1.165) is 0 Å². The predicted molar refractivity (Wildman–Crippen MR) is 84.9 cm³/mol. The van der Waals surface area contributed by atoms with Crippen molar-refractivity contribution in [2.45, 2.75) is 32.7 Å². The van der Waals surface area contributed by atoms with Crippen LogP contribution in [0.2, 0.25) is 5.02 Å². The number of halogens is 2. The Morgan fingerprint density at radius 3 is 2.91 bits per heavy atom. The van der Waals surface area contributed by atoms with Gasteiger partial charge in [-0.15, -0.1) is 0 Å². The second-order valence-corrected chi connectivity index (χ2v) is 5.71. The standard InChI is InChI=1S/C16H18ClFN2O3/c1-9(5-4-8-21)19-16(22)13-10(2)23-20-15(13)14-11(17)6-3-7-12(14)18/h3,6-7,9,21H,4-5,8H2,1-2H3,(H,19,22). The summed E-state index contributed by atoms with van der Waals surface area (Å²) in [5.41, 5.74) is 0.282. The molecule has 1 atom stereocenters. The summed E-state index contributed by atoms with van der Waals surface area (Å²) in [6.07, 6.45) is 1.21. The minimum Gasteiger partial charge on any atom is -0.396 e. The summed E-state index contributed by atoms with van der Waals surface area (Å²) < 4.78 is 19.2. The number of nitrogens with one attached hydrogen (secondary N) is 1. The normalized spacial score (nSPS) is 12.2. The summed E-state index contributed by atoms with van der Waals surface area (Å²) in [6, 6.07) is 4.10. The number of aliphatic hydroxyl groups is 1. The number of carbonyl (C=O) groups excluding carboxylic acids is 1. The van der Waals surface area contributed by atoms with Gasteiger partial charge in [0.1, 0.15) is 22.8 Å². The van der Waals surface area contributed by atoms with Gasteiger partial charge < -0.3 is 14.9 Å². The van der Waals surface area contributed by atoms with Gasteiger partial charge in [-0.25, -0.2) is 4.39 Å². The molecule has 1 aromatic heterocycles. The van der Waals surface area contributed by atoms with Gasteiger partial charge in [0.15, 0.2) is 0 Å². The van der Waals surface area contributed by atoms with Crippen LogP contribution in [0.4, 0.5) is 4.39 Å². The van der Waals surface area contributed by atoms with Gasteiger partial charge >= 0.3 is 0 Å². The Morgan fingerprint density at radius 2 is 2.26 bits per heavy atom. The first-order chi connectivity index (χ1) is 11.0. The van der Waals surface area contributed by atoms with Crippen molar-refractivity contribution in [1.82, 2.24) is 10.5 Å².